The van der Waals surface area contributed by atoms with E-state index in [1.54, 1.807) is 6.20 Å². The van der Waals surface area contributed by atoms with Gasteiger partial charge in [-0.05, 0) is 122 Å². The van der Waals surface area contributed by atoms with Gasteiger partial charge in [0.1, 0.15) is 22.6 Å². The molecule has 0 aliphatic rings. The van der Waals surface area contributed by atoms with E-state index in [4.69, 9.17) is 14.4 Å². The zero-order valence-electron chi connectivity index (χ0n) is 38.2. The average Bonchev–Trinajstić information content (AvgIpc) is 3.95. The number of hydrogen-bond donors (Lipinski definition) is 1. The number of aromatic nitrogens is 3. The van der Waals surface area contributed by atoms with Crippen LogP contribution in [0.1, 0.15) is 67.5 Å². The Kier molecular flexibility index (Phi) is 10.7. The van der Waals surface area contributed by atoms with Crippen LogP contribution in [0.2, 0.25) is 0 Å². The molecule has 1 atom stereocenters. The van der Waals surface area contributed by atoms with Crippen LogP contribution >= 0.6 is 0 Å². The van der Waals surface area contributed by atoms with E-state index < -0.39 is 5.60 Å². The molecule has 67 heavy (non-hydrogen) atoms. The van der Waals surface area contributed by atoms with E-state index in [1.165, 1.54) is 33.4 Å². The second-order valence-electron chi connectivity index (χ2n) is 18.3. The van der Waals surface area contributed by atoms with Crippen LogP contribution in [-0.2, 0) is 12.0 Å². The Bertz CT molecular complexity index is 3510. The van der Waals surface area contributed by atoms with Crippen molar-refractivity contribution in [1.82, 2.24) is 14.5 Å². The van der Waals surface area contributed by atoms with Crippen LogP contribution in [0.25, 0.3) is 83.4 Å². The summed E-state index contributed by atoms with van der Waals surface area (Å²) < 4.78 is 9.26. The van der Waals surface area contributed by atoms with Crippen molar-refractivity contribution in [2.45, 2.75) is 51.6 Å². The number of fused-ring (bicyclic) bond motifs is 4. The van der Waals surface area contributed by atoms with Crippen molar-refractivity contribution >= 4 is 33.0 Å². The largest absolute Gasteiger partial charge is 0.455 e. The average molecular weight is 870 g/mol. The molecule has 11 aromatic rings. The number of rotatable bonds is 11. The lowest BCUT2D eigenvalue weighted by Gasteiger charge is -2.29. The summed E-state index contributed by atoms with van der Waals surface area (Å²) in [4.78, 5) is 10.3. The molecule has 1 N–H and O–H groups in total. The first-order valence-electron chi connectivity index (χ1n) is 23.3. The molecule has 1 unspecified atom stereocenters. The topological polar surface area (TPSA) is 64.1 Å². The molecule has 0 bridgehead atoms. The van der Waals surface area contributed by atoms with Gasteiger partial charge in [0.15, 0.2) is 0 Å². The van der Waals surface area contributed by atoms with Crippen molar-refractivity contribution in [3.05, 3.63) is 234 Å². The van der Waals surface area contributed by atoms with Gasteiger partial charge in [-0.2, -0.15) is 0 Å². The van der Waals surface area contributed by atoms with Crippen molar-refractivity contribution in [3.63, 3.8) is 0 Å². The minimum atomic E-state index is -1.47. The number of imidazole rings is 1. The van der Waals surface area contributed by atoms with Crippen molar-refractivity contribution in [1.29, 1.82) is 0 Å². The molecule has 0 saturated carbocycles. The molecule has 8 aromatic carbocycles. The smallest absolute Gasteiger partial charge is 0.149 e. The van der Waals surface area contributed by atoms with Crippen molar-refractivity contribution in [2.75, 3.05) is 0 Å². The third-order valence-corrected chi connectivity index (χ3v) is 13.3. The molecule has 0 fully saturated rings. The summed E-state index contributed by atoms with van der Waals surface area (Å²) in [7, 11) is 0. The number of nitrogens with zero attached hydrogens (tertiary/aromatic N) is 3. The third-order valence-electron chi connectivity index (χ3n) is 13.3. The fourth-order valence-corrected chi connectivity index (χ4v) is 9.87. The molecule has 0 saturated heterocycles. The molecule has 0 radical (unpaired) electrons. The van der Waals surface area contributed by atoms with E-state index in [1.807, 2.05) is 60.7 Å². The van der Waals surface area contributed by atoms with E-state index in [2.05, 4.69) is 172 Å². The number of furan rings is 1. The van der Waals surface area contributed by atoms with Crippen LogP contribution in [0.4, 0.5) is 0 Å². The Morgan fingerprint density at radius 3 is 1.72 bits per heavy atom. The van der Waals surface area contributed by atoms with Gasteiger partial charge in [0.25, 0.3) is 0 Å². The Morgan fingerprint density at radius 1 is 0.537 bits per heavy atom. The van der Waals surface area contributed by atoms with Gasteiger partial charge >= 0.3 is 0 Å². The third kappa shape index (κ3) is 7.61. The summed E-state index contributed by atoms with van der Waals surface area (Å²) in [5.41, 5.74) is 15.7. The lowest BCUT2D eigenvalue weighted by molar-refractivity contribution is 0.0765. The molecule has 5 nitrogen and oxygen atoms in total. The Balaban J connectivity index is 1.12. The number of aliphatic hydroxyl groups is 1. The second kappa shape index (κ2) is 17.2. The molecule has 0 aliphatic heterocycles. The van der Waals surface area contributed by atoms with Crippen LogP contribution in [-0.4, -0.2) is 19.6 Å². The van der Waals surface area contributed by atoms with Gasteiger partial charge in [-0.1, -0.05) is 173 Å². The van der Waals surface area contributed by atoms with Crippen LogP contribution in [0, 0.1) is 0 Å². The summed E-state index contributed by atoms with van der Waals surface area (Å²) in [5, 5.41) is 15.2. The molecule has 0 amide bonds. The van der Waals surface area contributed by atoms with E-state index in [-0.39, 0.29) is 18.3 Å². The number of para-hydroxylation sites is 3. The molecule has 326 valence electrons. The van der Waals surface area contributed by atoms with Gasteiger partial charge in [0.2, 0.25) is 0 Å². The first-order chi connectivity index (χ1) is 32.7. The highest BCUT2D eigenvalue weighted by Gasteiger charge is 2.35. The van der Waals surface area contributed by atoms with Crippen LogP contribution in [0.5, 0.6) is 0 Å². The Morgan fingerprint density at radius 2 is 1.09 bits per heavy atom. The standard InChI is InChI=1S/C62H51N3O2/c1-40(2)51-37-48(47-28-26-45(27-29-47)43-17-7-5-8-18-43)38-52(41(3)4)59(51)65-56-23-13-12-22-55(56)64-61(65)54-36-42(35-53-50-21-11-14-24-57(50)67-60(53)54)39-62(66,58-25-15-16-34-63-58)49-32-30-46(31-33-49)44-19-9-6-10-20-44/h5-38,40-41,66H,39H2,1-4H3. The van der Waals surface area contributed by atoms with Gasteiger partial charge in [0.05, 0.1) is 28.0 Å². The minimum absolute atomic E-state index is 0.185. The predicted molar refractivity (Wildman–Crippen MR) is 276 cm³/mol. The fraction of sp³-hybridized carbons (Fsp3) is 0.129. The van der Waals surface area contributed by atoms with Crippen molar-refractivity contribution in [3.8, 4) is 50.5 Å². The second-order valence-corrected chi connectivity index (χ2v) is 18.3. The van der Waals surface area contributed by atoms with E-state index in [0.29, 0.717) is 5.69 Å². The first kappa shape index (κ1) is 41.8. The molecular formula is C62H51N3O2. The molecule has 0 spiro atoms. The maximum atomic E-state index is 13.2. The number of benzene rings is 8. The van der Waals surface area contributed by atoms with Gasteiger partial charge < -0.3 is 9.52 Å². The van der Waals surface area contributed by atoms with Gasteiger partial charge in [-0.25, -0.2) is 4.98 Å². The van der Waals surface area contributed by atoms with E-state index in [9.17, 15) is 5.11 Å². The summed E-state index contributed by atoms with van der Waals surface area (Å²) in [6.45, 7) is 9.14. The highest BCUT2D eigenvalue weighted by atomic mass is 16.3. The highest BCUT2D eigenvalue weighted by molar-refractivity contribution is 6.10. The van der Waals surface area contributed by atoms with Crippen LogP contribution in [0.15, 0.2) is 211 Å². The molecule has 11 rings (SSSR count). The predicted octanol–water partition coefficient (Wildman–Crippen LogP) is 15.7. The quantitative estimate of drug-likeness (QED) is 0.141. The normalized spacial score (nSPS) is 12.7. The highest BCUT2D eigenvalue weighted by Crippen LogP contribution is 2.44. The molecule has 5 heteroatoms. The first-order valence-corrected chi connectivity index (χ1v) is 23.3. The summed E-state index contributed by atoms with van der Waals surface area (Å²) in [6, 6.07) is 69.6. The summed E-state index contributed by atoms with van der Waals surface area (Å²) in [5.74, 6) is 1.15. The van der Waals surface area contributed by atoms with Gasteiger partial charge in [-0.15, -0.1) is 0 Å². The van der Waals surface area contributed by atoms with Crippen LogP contribution < -0.4 is 0 Å². The van der Waals surface area contributed by atoms with Crippen LogP contribution in [0.3, 0.4) is 0 Å². The van der Waals surface area contributed by atoms with E-state index in [0.717, 1.165) is 72.3 Å². The molecule has 3 heterocycles. The zero-order chi connectivity index (χ0) is 45.6. The monoisotopic (exact) mass is 869 g/mol. The Hall–Kier alpha value is -7.86. The fourth-order valence-electron chi connectivity index (χ4n) is 9.87. The SMILES string of the molecule is CC(C)c1cc(-c2ccc(-c3ccccc3)cc2)cc(C(C)C)c1-n1c(-c2cc(CC(O)(c3ccc(-c4ccccc4)cc3)c3ccccn3)cc3c2oc2ccccc23)nc2ccccc21. The van der Waals surface area contributed by atoms with Crippen molar-refractivity contribution in [2.24, 2.45) is 0 Å². The lowest BCUT2D eigenvalue weighted by atomic mass is 9.82. The number of hydrogen-bond acceptors (Lipinski definition) is 4. The molecule has 0 aliphatic carbocycles. The molecule has 3 aromatic heterocycles. The summed E-state index contributed by atoms with van der Waals surface area (Å²) >= 11 is 0. The van der Waals surface area contributed by atoms with Gasteiger partial charge in [0, 0.05) is 23.4 Å². The summed E-state index contributed by atoms with van der Waals surface area (Å²) in [6.07, 6.45) is 2.01. The molecular weight excluding hydrogens is 819 g/mol. The maximum absolute atomic E-state index is 13.2. The van der Waals surface area contributed by atoms with E-state index >= 15 is 0 Å². The Labute approximate surface area is 391 Å². The maximum Gasteiger partial charge on any atom is 0.149 e. The lowest BCUT2D eigenvalue weighted by Crippen LogP contribution is -2.31. The van der Waals surface area contributed by atoms with Gasteiger partial charge in [-0.3, -0.25) is 9.55 Å². The zero-order valence-corrected chi connectivity index (χ0v) is 38.2. The minimum Gasteiger partial charge on any atom is -0.455 e. The number of pyridine rings is 1. The van der Waals surface area contributed by atoms with Crippen molar-refractivity contribution < 1.29 is 9.52 Å².